The Bertz CT molecular complexity index is 1420. The van der Waals surface area contributed by atoms with Crippen molar-refractivity contribution in [2.24, 2.45) is 0 Å². The van der Waals surface area contributed by atoms with E-state index < -0.39 is 18.3 Å². The molecular formula is C47H78N4O14P-. The molecule has 0 aliphatic carbocycles. The Kier molecular flexibility index (Phi) is 37.9. The van der Waals surface area contributed by atoms with Gasteiger partial charge in [0.1, 0.15) is 33.2 Å². The van der Waals surface area contributed by atoms with Crippen LogP contribution in [0.2, 0.25) is 0 Å². The Labute approximate surface area is 394 Å². The van der Waals surface area contributed by atoms with E-state index in [1.54, 1.807) is 20.8 Å². The SMILES string of the molecule is C#CCOCCOCCCC(=O)CCC(CCC(=O)NCCOCCOCC#C)(CCC(=O)NCCOCCOCC#C)NC(=O)CCCC(=O)NCCCCCCOP(=O)([O-])C(C)(C)C. The second kappa shape index (κ2) is 40.2. The van der Waals surface area contributed by atoms with Gasteiger partial charge in [0.15, 0.2) is 0 Å². The van der Waals surface area contributed by atoms with Crippen LogP contribution in [-0.2, 0) is 61.5 Å². The highest BCUT2D eigenvalue weighted by Crippen LogP contribution is 2.50. The van der Waals surface area contributed by atoms with Crippen molar-refractivity contribution < 1.29 is 66.4 Å². The van der Waals surface area contributed by atoms with Gasteiger partial charge in [0.25, 0.3) is 0 Å². The summed E-state index contributed by atoms with van der Waals surface area (Å²) in [5.74, 6) is 5.84. The van der Waals surface area contributed by atoms with Gasteiger partial charge in [0, 0.05) is 75.5 Å². The van der Waals surface area contributed by atoms with E-state index >= 15 is 0 Å². The molecule has 0 heterocycles. The van der Waals surface area contributed by atoms with Gasteiger partial charge in [-0.15, -0.1) is 19.3 Å². The Morgan fingerprint density at radius 1 is 0.485 bits per heavy atom. The number of unbranched alkanes of at least 4 members (excludes halogenated alkanes) is 3. The summed E-state index contributed by atoms with van der Waals surface area (Å²) < 4.78 is 49.2. The second-order valence-electron chi connectivity index (χ2n) is 16.4. The summed E-state index contributed by atoms with van der Waals surface area (Å²) >= 11 is 0. The number of carbonyl (C=O) groups excluding carboxylic acids is 5. The van der Waals surface area contributed by atoms with Crippen LogP contribution in [0, 0.1) is 37.0 Å². The predicted octanol–water partition coefficient (Wildman–Crippen LogP) is 2.98. The van der Waals surface area contributed by atoms with Crippen molar-refractivity contribution in [1.29, 1.82) is 0 Å². The van der Waals surface area contributed by atoms with Gasteiger partial charge in [0.05, 0.1) is 59.5 Å². The van der Waals surface area contributed by atoms with E-state index in [-0.39, 0.29) is 146 Å². The van der Waals surface area contributed by atoms with Crippen LogP contribution in [0.15, 0.2) is 0 Å². The monoisotopic (exact) mass is 954 g/mol. The highest BCUT2D eigenvalue weighted by Gasteiger charge is 2.33. The number of hydrogen-bond acceptors (Lipinski definition) is 14. The van der Waals surface area contributed by atoms with Gasteiger partial charge in [0.2, 0.25) is 23.6 Å². The minimum Gasteiger partial charge on any atom is -0.778 e. The molecule has 0 aromatic heterocycles. The van der Waals surface area contributed by atoms with E-state index in [2.05, 4.69) is 39.0 Å². The summed E-state index contributed by atoms with van der Waals surface area (Å²) in [6.45, 7) is 9.05. The smallest absolute Gasteiger partial charge is 0.220 e. The molecule has 0 bridgehead atoms. The first kappa shape index (κ1) is 62.1. The molecule has 0 saturated carbocycles. The van der Waals surface area contributed by atoms with Crippen LogP contribution in [-0.4, -0.2) is 146 Å². The van der Waals surface area contributed by atoms with E-state index in [1.807, 2.05) is 0 Å². The molecule has 4 N–H and O–H groups in total. The van der Waals surface area contributed by atoms with Crippen molar-refractivity contribution in [2.75, 3.05) is 106 Å². The molecule has 0 saturated heterocycles. The molecule has 0 rings (SSSR count). The Hall–Kier alpha value is -3.86. The maximum atomic E-state index is 13.6. The van der Waals surface area contributed by atoms with E-state index in [0.717, 1.165) is 12.8 Å². The van der Waals surface area contributed by atoms with Crippen LogP contribution in [0.25, 0.3) is 0 Å². The lowest BCUT2D eigenvalue weighted by Crippen LogP contribution is -2.50. The fraction of sp³-hybridized carbons (Fsp3) is 0.766. The molecule has 0 aliphatic rings. The zero-order valence-corrected chi connectivity index (χ0v) is 40.7. The summed E-state index contributed by atoms with van der Waals surface area (Å²) in [5, 5.41) is 10.6. The van der Waals surface area contributed by atoms with Crippen LogP contribution in [0.1, 0.15) is 117 Å². The third kappa shape index (κ3) is 36.3. The van der Waals surface area contributed by atoms with Gasteiger partial charge >= 0.3 is 0 Å². The number of carbonyl (C=O) groups is 5. The highest BCUT2D eigenvalue weighted by atomic mass is 31.2. The Morgan fingerprint density at radius 3 is 1.44 bits per heavy atom. The van der Waals surface area contributed by atoms with Gasteiger partial charge in [-0.25, -0.2) is 0 Å². The van der Waals surface area contributed by atoms with Gasteiger partial charge < -0.3 is 63.7 Å². The second-order valence-corrected chi connectivity index (χ2v) is 19.0. The average molecular weight is 954 g/mol. The van der Waals surface area contributed by atoms with Crippen molar-refractivity contribution in [1.82, 2.24) is 21.3 Å². The van der Waals surface area contributed by atoms with Crippen LogP contribution in [0.3, 0.4) is 0 Å². The van der Waals surface area contributed by atoms with Crippen molar-refractivity contribution in [3.8, 4) is 37.0 Å². The summed E-state index contributed by atoms with van der Waals surface area (Å²) in [5.41, 5.74) is -1.12. The molecule has 0 fully saturated rings. The maximum Gasteiger partial charge on any atom is 0.220 e. The fourth-order valence-corrected chi connectivity index (χ4v) is 6.70. The summed E-state index contributed by atoms with van der Waals surface area (Å²) in [7, 11) is -3.95. The number of ether oxygens (including phenoxy) is 6. The molecule has 0 aromatic rings. The molecule has 0 aliphatic heterocycles. The van der Waals surface area contributed by atoms with E-state index in [0.29, 0.717) is 72.1 Å². The topological polar surface area (TPSA) is 238 Å². The number of Topliss-reactive ketones (excluding diaryl/α,β-unsaturated/α-hetero) is 1. The van der Waals surface area contributed by atoms with Gasteiger partial charge in [-0.05, 0) is 44.9 Å². The van der Waals surface area contributed by atoms with E-state index in [4.69, 9.17) is 52.2 Å². The first-order chi connectivity index (χ1) is 31.6. The molecule has 4 amide bonds. The molecule has 0 spiro atoms. The third-order valence-electron chi connectivity index (χ3n) is 9.79. The Balaban J connectivity index is 5.54. The van der Waals surface area contributed by atoms with Crippen LogP contribution in [0.5, 0.6) is 0 Å². The first-order valence-electron chi connectivity index (χ1n) is 23.0. The molecular weight excluding hydrogens is 876 g/mol. The van der Waals surface area contributed by atoms with Crippen LogP contribution >= 0.6 is 7.60 Å². The lowest BCUT2D eigenvalue weighted by Gasteiger charge is -2.35. The normalized spacial score (nSPS) is 12.3. The summed E-state index contributed by atoms with van der Waals surface area (Å²) in [4.78, 5) is 77.7. The van der Waals surface area contributed by atoms with Gasteiger partial charge in [-0.1, -0.05) is 51.4 Å². The van der Waals surface area contributed by atoms with Gasteiger partial charge in [-0.2, -0.15) is 0 Å². The predicted molar refractivity (Wildman–Crippen MR) is 249 cm³/mol. The molecule has 1 unspecified atom stereocenters. The average Bonchev–Trinajstić information content (AvgIpc) is 3.27. The standard InChI is InChI=1S/C47H79N4O14P/c1-7-28-59-35-38-62-31-15-16-41(52)19-22-47(23-20-43(54)49-26-33-63-39-36-60-29-8-2,24-21-44(55)50-27-34-64-40-37-61-30-9-3)51-45(56)18-14-17-42(53)48-25-12-10-11-13-32-65-66(57,58)46(4,5)6/h1-3H,10-40H2,4-6H3,(H,48,53)(H,49,54)(H,50,55)(H,51,56)(H,57,58)/p-1. The van der Waals surface area contributed by atoms with Crippen LogP contribution < -0.4 is 26.2 Å². The van der Waals surface area contributed by atoms with Crippen molar-refractivity contribution in [3.63, 3.8) is 0 Å². The minimum absolute atomic E-state index is 0.00711. The number of terminal acetylenes is 3. The van der Waals surface area contributed by atoms with Crippen molar-refractivity contribution in [2.45, 2.75) is 128 Å². The number of hydrogen-bond donors (Lipinski definition) is 4. The largest absolute Gasteiger partial charge is 0.778 e. The van der Waals surface area contributed by atoms with Crippen molar-refractivity contribution >= 4 is 37.0 Å². The van der Waals surface area contributed by atoms with E-state index in [1.165, 1.54) is 0 Å². The zero-order chi connectivity index (χ0) is 49.2. The van der Waals surface area contributed by atoms with E-state index in [9.17, 15) is 33.4 Å². The van der Waals surface area contributed by atoms with Crippen molar-refractivity contribution in [3.05, 3.63) is 0 Å². The number of ketones is 1. The minimum atomic E-state index is -3.95. The molecule has 66 heavy (non-hydrogen) atoms. The number of nitrogens with one attached hydrogen (secondary N) is 4. The maximum absolute atomic E-state index is 13.6. The first-order valence-corrected chi connectivity index (χ1v) is 24.5. The van der Waals surface area contributed by atoms with Gasteiger partial charge in [-0.3, -0.25) is 24.0 Å². The fourth-order valence-electron chi connectivity index (χ4n) is 5.94. The Morgan fingerprint density at radius 2 is 0.924 bits per heavy atom. The number of amides is 4. The lowest BCUT2D eigenvalue weighted by atomic mass is 9.82. The molecule has 19 heteroatoms. The molecule has 376 valence electrons. The third-order valence-corrected chi connectivity index (χ3v) is 12.0. The number of rotatable bonds is 44. The molecule has 1 atom stereocenters. The summed E-state index contributed by atoms with van der Waals surface area (Å²) in [6, 6.07) is 0. The summed E-state index contributed by atoms with van der Waals surface area (Å²) in [6.07, 6.45) is 19.8. The quantitative estimate of drug-likeness (QED) is 0.0391. The van der Waals surface area contributed by atoms with Crippen LogP contribution in [0.4, 0.5) is 0 Å². The molecule has 0 aromatic carbocycles. The molecule has 18 nitrogen and oxygen atoms in total. The zero-order valence-electron chi connectivity index (χ0n) is 39.8. The highest BCUT2D eigenvalue weighted by molar-refractivity contribution is 7.53. The molecule has 0 radical (unpaired) electrons. The lowest BCUT2D eigenvalue weighted by molar-refractivity contribution is -0.204.